The molecule has 1 heteroatoms. The predicted molar refractivity (Wildman–Crippen MR) is 54.8 cm³/mol. The van der Waals surface area contributed by atoms with Crippen LogP contribution in [0.25, 0.3) is 0 Å². The fourth-order valence-corrected chi connectivity index (χ4v) is 2.44. The molecule has 0 nitrogen and oxygen atoms in total. The molecule has 0 aliphatic rings. The van der Waals surface area contributed by atoms with E-state index in [0.29, 0.717) is 0 Å². The Kier molecular flexibility index (Phi) is 2.67. The molecule has 1 radical (unpaired) electrons. The van der Waals surface area contributed by atoms with Gasteiger partial charge in [0.2, 0.25) is 0 Å². The lowest BCUT2D eigenvalue weighted by Crippen LogP contribution is -1.90. The Bertz CT molecular complexity index is 208. The van der Waals surface area contributed by atoms with Crippen LogP contribution in [-0.2, 0) is 6.16 Å². The van der Waals surface area contributed by atoms with Gasteiger partial charge in [-0.05, 0) is 31.7 Å². The zero-order chi connectivity index (χ0) is 8.32. The lowest BCUT2D eigenvalue weighted by Gasteiger charge is -2.20. The highest BCUT2D eigenvalue weighted by Gasteiger charge is 2.06. The molecule has 1 aromatic carbocycles. The molecule has 0 aliphatic carbocycles. The molecular formula is C10H16P. The Balaban J connectivity index is 2.66. The van der Waals surface area contributed by atoms with Crippen molar-refractivity contribution in [2.75, 3.05) is 20.0 Å². The molecule has 0 aliphatic heterocycles. The number of hydrogen-bond acceptors (Lipinski definition) is 0. The summed E-state index contributed by atoms with van der Waals surface area (Å²) in [7, 11) is -0.638. The minimum absolute atomic E-state index is 0.638. The van der Waals surface area contributed by atoms with Crippen LogP contribution in [0.2, 0.25) is 0 Å². The SMILES string of the molecule is C[P](C)(C)Cc1ccccc1. The molecule has 11 heavy (non-hydrogen) atoms. The van der Waals surface area contributed by atoms with E-state index in [4.69, 9.17) is 0 Å². The van der Waals surface area contributed by atoms with Crippen molar-refractivity contribution in [2.45, 2.75) is 6.16 Å². The Hall–Kier alpha value is -0.350. The summed E-state index contributed by atoms with van der Waals surface area (Å²) in [6.07, 6.45) is 1.27. The van der Waals surface area contributed by atoms with E-state index in [1.54, 1.807) is 0 Å². The maximum atomic E-state index is 2.38. The fraction of sp³-hybridized carbons (Fsp3) is 0.400. The quantitative estimate of drug-likeness (QED) is 0.594. The largest absolute Gasteiger partial charge is 0.130 e. The van der Waals surface area contributed by atoms with Gasteiger partial charge in [-0.25, -0.2) is 0 Å². The number of hydrogen-bond donors (Lipinski definition) is 0. The molecule has 0 unspecified atom stereocenters. The average Bonchev–Trinajstić information content (AvgIpc) is 1.85. The van der Waals surface area contributed by atoms with Crippen LogP contribution in [0.1, 0.15) is 5.56 Å². The van der Waals surface area contributed by atoms with Gasteiger partial charge in [0.05, 0.1) is 0 Å². The second-order valence-electron chi connectivity index (χ2n) is 3.93. The molecule has 0 spiro atoms. The fourth-order valence-electron chi connectivity index (χ4n) is 1.13. The molecule has 1 aromatic rings. The van der Waals surface area contributed by atoms with Crippen LogP contribution in [-0.4, -0.2) is 20.0 Å². The molecule has 0 N–H and O–H groups in total. The first-order valence-electron chi connectivity index (χ1n) is 3.92. The highest BCUT2D eigenvalue weighted by atomic mass is 31.2. The second-order valence-corrected chi connectivity index (χ2v) is 8.83. The van der Waals surface area contributed by atoms with E-state index >= 15 is 0 Å². The van der Waals surface area contributed by atoms with Crippen molar-refractivity contribution in [1.82, 2.24) is 0 Å². The second kappa shape index (κ2) is 3.36. The monoisotopic (exact) mass is 167 g/mol. The number of rotatable bonds is 2. The van der Waals surface area contributed by atoms with Gasteiger partial charge >= 0.3 is 0 Å². The molecule has 0 atom stereocenters. The normalized spacial score (nSPS) is 11.5. The lowest BCUT2D eigenvalue weighted by atomic mass is 10.2. The van der Waals surface area contributed by atoms with E-state index in [1.807, 2.05) is 0 Å². The summed E-state index contributed by atoms with van der Waals surface area (Å²) in [6, 6.07) is 10.7. The Morgan fingerprint density at radius 3 is 2.00 bits per heavy atom. The minimum Gasteiger partial charge on any atom is -0.130 e. The van der Waals surface area contributed by atoms with Gasteiger partial charge < -0.3 is 0 Å². The topological polar surface area (TPSA) is 0 Å². The van der Waals surface area contributed by atoms with Gasteiger partial charge in [0.15, 0.2) is 0 Å². The average molecular weight is 167 g/mol. The molecule has 0 saturated heterocycles. The third-order valence-corrected chi connectivity index (χ3v) is 2.81. The van der Waals surface area contributed by atoms with Crippen molar-refractivity contribution in [3.05, 3.63) is 35.9 Å². The summed E-state index contributed by atoms with van der Waals surface area (Å²) in [5, 5.41) is 0. The minimum atomic E-state index is -0.638. The first-order valence-corrected chi connectivity index (χ1v) is 7.24. The van der Waals surface area contributed by atoms with Crippen LogP contribution >= 0.6 is 7.26 Å². The van der Waals surface area contributed by atoms with E-state index in [9.17, 15) is 0 Å². The van der Waals surface area contributed by atoms with Crippen LogP contribution < -0.4 is 0 Å². The smallest absolute Gasteiger partial charge is 0.0114 e. The van der Waals surface area contributed by atoms with Gasteiger partial charge in [-0.2, -0.15) is 0 Å². The predicted octanol–water partition coefficient (Wildman–Crippen LogP) is 3.09. The van der Waals surface area contributed by atoms with Crippen molar-refractivity contribution in [1.29, 1.82) is 0 Å². The van der Waals surface area contributed by atoms with Crippen LogP contribution in [0.3, 0.4) is 0 Å². The van der Waals surface area contributed by atoms with Crippen LogP contribution in [0.4, 0.5) is 0 Å². The first-order chi connectivity index (χ1) is 5.08. The number of benzene rings is 1. The highest BCUT2D eigenvalue weighted by Crippen LogP contribution is 2.49. The summed E-state index contributed by atoms with van der Waals surface area (Å²) in [4.78, 5) is 0. The van der Waals surface area contributed by atoms with Crippen molar-refractivity contribution in [3.63, 3.8) is 0 Å². The summed E-state index contributed by atoms with van der Waals surface area (Å²) >= 11 is 0. The third kappa shape index (κ3) is 3.53. The molecule has 0 fully saturated rings. The molecule has 1 rings (SSSR count). The summed E-state index contributed by atoms with van der Waals surface area (Å²) in [5.41, 5.74) is 1.48. The maximum Gasteiger partial charge on any atom is -0.0114 e. The molecule has 0 bridgehead atoms. The molecule has 0 saturated carbocycles. The van der Waals surface area contributed by atoms with E-state index in [-0.39, 0.29) is 0 Å². The van der Waals surface area contributed by atoms with Gasteiger partial charge in [-0.1, -0.05) is 30.3 Å². The third-order valence-electron chi connectivity index (χ3n) is 1.50. The molecule has 61 valence electrons. The Morgan fingerprint density at radius 1 is 1.00 bits per heavy atom. The van der Waals surface area contributed by atoms with E-state index in [1.165, 1.54) is 11.7 Å². The maximum absolute atomic E-state index is 2.38. The summed E-state index contributed by atoms with van der Waals surface area (Å²) in [6.45, 7) is 7.12. The molecule has 0 amide bonds. The lowest BCUT2D eigenvalue weighted by molar-refractivity contribution is 1.38. The summed E-state index contributed by atoms with van der Waals surface area (Å²) < 4.78 is 0. The standard InChI is InChI=1S/C10H16P/c1-11(2,3)9-10-7-5-4-6-8-10/h4-8H,9H2,1-3H3. The van der Waals surface area contributed by atoms with Gasteiger partial charge in [0.1, 0.15) is 0 Å². The van der Waals surface area contributed by atoms with Crippen LogP contribution in [0.15, 0.2) is 30.3 Å². The zero-order valence-electron chi connectivity index (χ0n) is 7.54. The molecular weight excluding hydrogens is 151 g/mol. The van der Waals surface area contributed by atoms with Crippen molar-refractivity contribution >= 4 is 7.26 Å². The van der Waals surface area contributed by atoms with E-state index in [0.717, 1.165) is 0 Å². The van der Waals surface area contributed by atoms with Gasteiger partial charge in [-0.15, -0.1) is 7.26 Å². The molecule has 0 aromatic heterocycles. The van der Waals surface area contributed by atoms with Gasteiger partial charge in [0.25, 0.3) is 0 Å². The summed E-state index contributed by atoms with van der Waals surface area (Å²) in [5.74, 6) is 0. The van der Waals surface area contributed by atoms with Crippen molar-refractivity contribution < 1.29 is 0 Å². The van der Waals surface area contributed by atoms with E-state index < -0.39 is 7.26 Å². The Labute approximate surface area is 70.0 Å². The molecule has 0 heterocycles. The van der Waals surface area contributed by atoms with Crippen molar-refractivity contribution in [2.24, 2.45) is 0 Å². The van der Waals surface area contributed by atoms with Crippen LogP contribution in [0.5, 0.6) is 0 Å². The van der Waals surface area contributed by atoms with Gasteiger partial charge in [-0.3, -0.25) is 0 Å². The zero-order valence-corrected chi connectivity index (χ0v) is 8.44. The van der Waals surface area contributed by atoms with Crippen molar-refractivity contribution in [3.8, 4) is 0 Å². The highest BCUT2D eigenvalue weighted by molar-refractivity contribution is 7.72. The Morgan fingerprint density at radius 2 is 1.55 bits per heavy atom. The van der Waals surface area contributed by atoms with Crippen LogP contribution in [0, 0.1) is 0 Å². The first kappa shape index (κ1) is 8.74. The van der Waals surface area contributed by atoms with E-state index in [2.05, 4.69) is 50.3 Å². The van der Waals surface area contributed by atoms with Gasteiger partial charge in [0, 0.05) is 0 Å².